The maximum absolute atomic E-state index is 11.9. The van der Waals surface area contributed by atoms with Gasteiger partial charge in [-0.15, -0.1) is 12.4 Å². The third-order valence-electron chi connectivity index (χ3n) is 2.57. The molecule has 0 spiro atoms. The van der Waals surface area contributed by atoms with E-state index in [1.807, 2.05) is 19.1 Å². The van der Waals surface area contributed by atoms with Crippen LogP contribution in [0.2, 0.25) is 5.02 Å². The second kappa shape index (κ2) is 7.18. The number of amides is 2. The lowest BCUT2D eigenvalue weighted by Gasteiger charge is -2.17. The molecule has 0 saturated carbocycles. The van der Waals surface area contributed by atoms with Crippen LogP contribution in [0.15, 0.2) is 23.2 Å². The van der Waals surface area contributed by atoms with E-state index in [9.17, 15) is 4.79 Å². The largest absolute Gasteiger partial charge is 0.412 e. The SMILES string of the molecule is Cc1cccc(Cl)c1NC(=O)N1CCN=C1N.Cl.O. The Morgan fingerprint density at radius 2 is 2.21 bits per heavy atom. The first-order valence-corrected chi connectivity index (χ1v) is 5.61. The van der Waals surface area contributed by atoms with Crippen molar-refractivity contribution >= 4 is 41.7 Å². The quantitative estimate of drug-likeness (QED) is 0.819. The first-order valence-electron chi connectivity index (χ1n) is 5.23. The Balaban J connectivity index is 0.00000162. The lowest BCUT2D eigenvalue weighted by atomic mass is 10.2. The van der Waals surface area contributed by atoms with E-state index in [1.54, 1.807) is 6.07 Å². The van der Waals surface area contributed by atoms with Crippen molar-refractivity contribution in [3.05, 3.63) is 28.8 Å². The van der Waals surface area contributed by atoms with E-state index in [4.69, 9.17) is 17.3 Å². The number of carbonyl (C=O) groups is 1. The molecule has 2 rings (SSSR count). The third-order valence-corrected chi connectivity index (χ3v) is 2.89. The van der Waals surface area contributed by atoms with Crippen molar-refractivity contribution in [1.29, 1.82) is 0 Å². The van der Waals surface area contributed by atoms with Crippen LogP contribution in [-0.4, -0.2) is 35.5 Å². The van der Waals surface area contributed by atoms with E-state index in [1.165, 1.54) is 4.90 Å². The van der Waals surface area contributed by atoms with Gasteiger partial charge in [0.05, 0.1) is 23.8 Å². The monoisotopic (exact) mass is 306 g/mol. The highest BCUT2D eigenvalue weighted by molar-refractivity contribution is 6.34. The van der Waals surface area contributed by atoms with Gasteiger partial charge in [-0.1, -0.05) is 23.7 Å². The molecule has 106 valence electrons. The zero-order valence-electron chi connectivity index (χ0n) is 10.3. The van der Waals surface area contributed by atoms with Crippen molar-refractivity contribution in [1.82, 2.24) is 4.90 Å². The lowest BCUT2D eigenvalue weighted by molar-refractivity contribution is 0.236. The number of nitrogens with one attached hydrogen (secondary N) is 1. The number of anilines is 1. The summed E-state index contributed by atoms with van der Waals surface area (Å²) in [5.74, 6) is 0.243. The van der Waals surface area contributed by atoms with Gasteiger partial charge in [0.2, 0.25) is 0 Å². The predicted octanol–water partition coefficient (Wildman–Crippen LogP) is 1.41. The zero-order chi connectivity index (χ0) is 12.4. The molecule has 2 amide bonds. The summed E-state index contributed by atoms with van der Waals surface area (Å²) in [6.45, 7) is 2.92. The van der Waals surface area contributed by atoms with Crippen LogP contribution >= 0.6 is 24.0 Å². The fourth-order valence-electron chi connectivity index (χ4n) is 1.63. The standard InChI is InChI=1S/C11H13ClN4O.ClH.H2O/c1-7-3-2-4-8(12)9(7)15-11(17)16-6-5-14-10(16)13;;/h2-4H,5-6H2,1H3,(H2,13,14)(H,15,17);1H;1H2. The average molecular weight is 307 g/mol. The summed E-state index contributed by atoms with van der Waals surface area (Å²) >= 11 is 6.02. The number of aryl methyl sites for hydroxylation is 1. The number of hydrogen-bond donors (Lipinski definition) is 2. The summed E-state index contributed by atoms with van der Waals surface area (Å²) in [6.07, 6.45) is 0. The molecule has 1 aliphatic rings. The van der Waals surface area contributed by atoms with Gasteiger partial charge >= 0.3 is 6.03 Å². The van der Waals surface area contributed by atoms with Gasteiger partial charge in [0.15, 0.2) is 5.96 Å². The van der Waals surface area contributed by atoms with Gasteiger partial charge in [0.1, 0.15) is 0 Å². The number of aliphatic imine (C=N–C) groups is 1. The van der Waals surface area contributed by atoms with Crippen molar-refractivity contribution in [2.24, 2.45) is 10.7 Å². The van der Waals surface area contributed by atoms with E-state index < -0.39 is 0 Å². The van der Waals surface area contributed by atoms with Gasteiger partial charge < -0.3 is 16.5 Å². The van der Waals surface area contributed by atoms with Crippen LogP contribution < -0.4 is 11.1 Å². The Hall–Kier alpha value is -1.50. The Kier molecular flexibility index (Phi) is 6.61. The molecule has 0 aliphatic carbocycles. The highest BCUT2D eigenvalue weighted by atomic mass is 35.5. The van der Waals surface area contributed by atoms with Crippen LogP contribution in [0.3, 0.4) is 0 Å². The van der Waals surface area contributed by atoms with Crippen LogP contribution in [0, 0.1) is 6.92 Å². The number of hydrogen-bond acceptors (Lipinski definition) is 3. The van der Waals surface area contributed by atoms with Gasteiger partial charge in [-0.05, 0) is 18.6 Å². The Labute approximate surface area is 122 Å². The van der Waals surface area contributed by atoms with E-state index in [2.05, 4.69) is 10.3 Å². The minimum absolute atomic E-state index is 0. The predicted molar refractivity (Wildman–Crippen MR) is 79.3 cm³/mol. The number of carbonyl (C=O) groups excluding carboxylic acids is 1. The topological polar surface area (TPSA) is 102 Å². The molecule has 5 N–H and O–H groups in total. The number of guanidine groups is 1. The van der Waals surface area contributed by atoms with E-state index >= 15 is 0 Å². The van der Waals surface area contributed by atoms with Crippen molar-refractivity contribution in [3.8, 4) is 0 Å². The minimum Gasteiger partial charge on any atom is -0.412 e. The summed E-state index contributed by atoms with van der Waals surface area (Å²) in [7, 11) is 0. The number of nitrogens with two attached hydrogens (primary N) is 1. The maximum atomic E-state index is 11.9. The van der Waals surface area contributed by atoms with Crippen molar-refractivity contribution < 1.29 is 10.3 Å². The molecule has 6 nitrogen and oxygen atoms in total. The smallest absolute Gasteiger partial charge is 0.328 e. The molecule has 8 heteroatoms. The number of rotatable bonds is 1. The molecule has 19 heavy (non-hydrogen) atoms. The first-order chi connectivity index (χ1) is 8.09. The fraction of sp³-hybridized carbons (Fsp3) is 0.273. The van der Waals surface area contributed by atoms with Gasteiger partial charge in [-0.25, -0.2) is 4.79 Å². The second-order valence-corrected chi connectivity index (χ2v) is 4.16. The molecule has 0 aromatic heterocycles. The highest BCUT2D eigenvalue weighted by Crippen LogP contribution is 2.25. The number of urea groups is 1. The molecule has 0 atom stereocenters. The number of halogens is 2. The zero-order valence-corrected chi connectivity index (χ0v) is 11.9. The van der Waals surface area contributed by atoms with E-state index in [-0.39, 0.29) is 29.9 Å². The average Bonchev–Trinajstić information content (AvgIpc) is 2.70. The maximum Gasteiger partial charge on any atom is 0.328 e. The molecule has 0 saturated heterocycles. The molecule has 1 heterocycles. The first kappa shape index (κ1) is 17.5. The normalized spacial score (nSPS) is 13.2. The van der Waals surface area contributed by atoms with E-state index in [0.29, 0.717) is 23.8 Å². The van der Waals surface area contributed by atoms with Gasteiger partial charge in [-0.3, -0.25) is 9.89 Å². The molecule has 1 aliphatic heterocycles. The lowest BCUT2D eigenvalue weighted by Crippen LogP contribution is -2.41. The number of nitrogens with zero attached hydrogens (tertiary/aromatic N) is 2. The second-order valence-electron chi connectivity index (χ2n) is 3.75. The molecule has 0 bridgehead atoms. The van der Waals surface area contributed by atoms with Crippen molar-refractivity contribution in [2.75, 3.05) is 18.4 Å². The number of para-hydroxylation sites is 1. The van der Waals surface area contributed by atoms with Crippen LogP contribution in [0.1, 0.15) is 5.56 Å². The Morgan fingerprint density at radius 3 is 2.74 bits per heavy atom. The van der Waals surface area contributed by atoms with Gasteiger partial charge in [-0.2, -0.15) is 0 Å². The molecular weight excluding hydrogens is 291 g/mol. The van der Waals surface area contributed by atoms with Crippen molar-refractivity contribution in [2.45, 2.75) is 6.92 Å². The molecular formula is C11H16Cl2N4O2. The van der Waals surface area contributed by atoms with Crippen LogP contribution in [0.25, 0.3) is 0 Å². The van der Waals surface area contributed by atoms with Gasteiger partial charge in [0, 0.05) is 0 Å². The van der Waals surface area contributed by atoms with Gasteiger partial charge in [0.25, 0.3) is 0 Å². The van der Waals surface area contributed by atoms with E-state index in [0.717, 1.165) is 5.56 Å². The van der Waals surface area contributed by atoms with Crippen LogP contribution in [0.4, 0.5) is 10.5 Å². The molecule has 1 aromatic rings. The molecule has 0 fully saturated rings. The molecule has 0 unspecified atom stereocenters. The summed E-state index contributed by atoms with van der Waals surface area (Å²) in [5.41, 5.74) is 7.11. The summed E-state index contributed by atoms with van der Waals surface area (Å²) in [5, 5.41) is 3.25. The third kappa shape index (κ3) is 3.73. The summed E-state index contributed by atoms with van der Waals surface area (Å²) in [6, 6.07) is 5.13. The summed E-state index contributed by atoms with van der Waals surface area (Å²) < 4.78 is 0. The minimum atomic E-state index is -0.306. The summed E-state index contributed by atoms with van der Waals surface area (Å²) in [4.78, 5) is 17.3. The Morgan fingerprint density at radius 1 is 1.53 bits per heavy atom. The number of benzene rings is 1. The molecule has 0 radical (unpaired) electrons. The van der Waals surface area contributed by atoms with Crippen LogP contribution in [-0.2, 0) is 0 Å². The highest BCUT2D eigenvalue weighted by Gasteiger charge is 2.22. The fourth-order valence-corrected chi connectivity index (χ4v) is 1.90. The molecule has 1 aromatic carbocycles. The van der Waals surface area contributed by atoms with Crippen LogP contribution in [0.5, 0.6) is 0 Å². The Bertz CT molecular complexity index is 473. The van der Waals surface area contributed by atoms with Crippen molar-refractivity contribution in [3.63, 3.8) is 0 Å².